The number of morpholine rings is 1. The van der Waals surface area contributed by atoms with Crippen LogP contribution in [-0.4, -0.2) is 50.1 Å². The molecule has 0 aliphatic carbocycles. The minimum absolute atomic E-state index is 0.407. The van der Waals surface area contributed by atoms with Gasteiger partial charge in [-0.1, -0.05) is 0 Å². The maximum Gasteiger partial charge on any atom is 0.534 e. The SMILES string of the molecule is O=S(=O)(Oc1ccc2ncc(CN3CCOCC3)cc2c1)C(F)(F)F. The first-order chi connectivity index (χ1) is 11.7. The fourth-order valence-corrected chi connectivity index (χ4v) is 2.94. The standard InChI is InChI=1S/C15H15F3N2O4S/c16-15(17,18)25(21,22)24-13-1-2-14-12(8-13)7-11(9-19-14)10-20-3-5-23-6-4-20/h1-2,7-9H,3-6,10H2. The van der Waals surface area contributed by atoms with Crippen molar-refractivity contribution in [1.82, 2.24) is 9.88 Å². The summed E-state index contributed by atoms with van der Waals surface area (Å²) in [6.45, 7) is 3.48. The second kappa shape index (κ2) is 6.77. The van der Waals surface area contributed by atoms with E-state index in [0.717, 1.165) is 24.7 Å². The van der Waals surface area contributed by atoms with Crippen molar-refractivity contribution in [2.45, 2.75) is 12.1 Å². The van der Waals surface area contributed by atoms with Crippen molar-refractivity contribution in [3.8, 4) is 5.75 Å². The molecule has 1 aliphatic rings. The van der Waals surface area contributed by atoms with Crippen LogP contribution >= 0.6 is 0 Å². The molecule has 0 spiro atoms. The number of rotatable bonds is 4. The molecule has 1 saturated heterocycles. The van der Waals surface area contributed by atoms with E-state index in [-0.39, 0.29) is 0 Å². The average molecular weight is 376 g/mol. The molecule has 0 saturated carbocycles. The molecule has 1 fully saturated rings. The van der Waals surface area contributed by atoms with E-state index in [2.05, 4.69) is 14.1 Å². The van der Waals surface area contributed by atoms with Gasteiger partial charge in [0.25, 0.3) is 0 Å². The molecule has 136 valence electrons. The lowest BCUT2D eigenvalue weighted by Crippen LogP contribution is -2.35. The monoisotopic (exact) mass is 376 g/mol. The largest absolute Gasteiger partial charge is 0.534 e. The van der Waals surface area contributed by atoms with Crippen molar-refractivity contribution in [3.63, 3.8) is 0 Å². The number of fused-ring (bicyclic) bond motifs is 1. The molecular weight excluding hydrogens is 361 g/mol. The average Bonchev–Trinajstić information content (AvgIpc) is 2.54. The Kier molecular flexibility index (Phi) is 4.85. The maximum atomic E-state index is 12.4. The number of ether oxygens (including phenoxy) is 1. The highest BCUT2D eigenvalue weighted by atomic mass is 32.2. The fraction of sp³-hybridized carbons (Fsp3) is 0.400. The molecule has 0 atom stereocenters. The van der Waals surface area contributed by atoms with E-state index >= 15 is 0 Å². The van der Waals surface area contributed by atoms with Gasteiger partial charge in [-0.25, -0.2) is 0 Å². The third-order valence-electron chi connectivity index (χ3n) is 3.71. The number of aromatic nitrogens is 1. The molecule has 0 radical (unpaired) electrons. The molecule has 1 aromatic heterocycles. The summed E-state index contributed by atoms with van der Waals surface area (Å²) in [7, 11) is -5.69. The number of benzene rings is 1. The zero-order chi connectivity index (χ0) is 18.1. The lowest BCUT2D eigenvalue weighted by Gasteiger charge is -2.26. The van der Waals surface area contributed by atoms with Crippen molar-refractivity contribution in [2.24, 2.45) is 0 Å². The van der Waals surface area contributed by atoms with Crippen molar-refractivity contribution in [1.29, 1.82) is 0 Å². The van der Waals surface area contributed by atoms with E-state index in [1.165, 1.54) is 12.1 Å². The summed E-state index contributed by atoms with van der Waals surface area (Å²) >= 11 is 0. The Morgan fingerprint density at radius 2 is 1.92 bits per heavy atom. The van der Waals surface area contributed by atoms with Crippen LogP contribution in [0.5, 0.6) is 5.75 Å². The summed E-state index contributed by atoms with van der Waals surface area (Å²) in [5, 5.41) is 0.501. The van der Waals surface area contributed by atoms with E-state index in [0.29, 0.717) is 30.7 Å². The van der Waals surface area contributed by atoms with E-state index < -0.39 is 21.4 Å². The van der Waals surface area contributed by atoms with Gasteiger partial charge in [0.1, 0.15) is 5.75 Å². The van der Waals surface area contributed by atoms with Crippen molar-refractivity contribution < 1.29 is 30.5 Å². The molecule has 25 heavy (non-hydrogen) atoms. The van der Waals surface area contributed by atoms with E-state index in [4.69, 9.17) is 4.74 Å². The summed E-state index contributed by atoms with van der Waals surface area (Å²) < 4.78 is 68.9. The number of nitrogens with zero attached hydrogens (tertiary/aromatic N) is 2. The summed E-state index contributed by atoms with van der Waals surface area (Å²) in [6.07, 6.45) is 1.69. The van der Waals surface area contributed by atoms with Gasteiger partial charge >= 0.3 is 15.6 Å². The van der Waals surface area contributed by atoms with Gasteiger partial charge in [0.2, 0.25) is 0 Å². The van der Waals surface area contributed by atoms with Gasteiger partial charge in [0, 0.05) is 31.2 Å². The van der Waals surface area contributed by atoms with Gasteiger partial charge in [0.05, 0.1) is 18.7 Å². The molecule has 6 nitrogen and oxygen atoms in total. The first kappa shape index (κ1) is 17.9. The van der Waals surface area contributed by atoms with Gasteiger partial charge in [-0.2, -0.15) is 21.6 Å². The summed E-state index contributed by atoms with van der Waals surface area (Å²) in [6, 6.07) is 5.54. The number of pyridine rings is 1. The first-order valence-electron chi connectivity index (χ1n) is 7.44. The van der Waals surface area contributed by atoms with E-state index in [9.17, 15) is 21.6 Å². The molecule has 10 heteroatoms. The van der Waals surface area contributed by atoms with E-state index in [1.54, 1.807) is 12.3 Å². The molecule has 2 heterocycles. The van der Waals surface area contributed by atoms with Crippen molar-refractivity contribution in [2.75, 3.05) is 26.3 Å². The summed E-state index contributed by atoms with van der Waals surface area (Å²) in [5.74, 6) is -0.407. The van der Waals surface area contributed by atoms with E-state index in [1.807, 2.05) is 0 Å². The predicted octanol–water partition coefficient (Wildman–Crippen LogP) is 2.30. The van der Waals surface area contributed by atoms with Gasteiger partial charge in [-0.3, -0.25) is 9.88 Å². The second-order valence-corrected chi connectivity index (χ2v) is 7.11. The Bertz CT molecular complexity index is 865. The Hall–Kier alpha value is -1.91. The van der Waals surface area contributed by atoms with Gasteiger partial charge < -0.3 is 8.92 Å². The molecule has 3 rings (SSSR count). The molecule has 0 bridgehead atoms. The minimum Gasteiger partial charge on any atom is -0.379 e. The number of alkyl halides is 3. The van der Waals surface area contributed by atoms with Crippen LogP contribution in [0.3, 0.4) is 0 Å². The number of halogens is 3. The maximum absolute atomic E-state index is 12.4. The lowest BCUT2D eigenvalue weighted by atomic mass is 10.1. The van der Waals surface area contributed by atoms with Crippen LogP contribution in [0.15, 0.2) is 30.5 Å². The third-order valence-corrected chi connectivity index (χ3v) is 4.69. The number of hydrogen-bond donors (Lipinski definition) is 0. The smallest absolute Gasteiger partial charge is 0.379 e. The molecule has 2 aromatic rings. The number of hydrogen-bond acceptors (Lipinski definition) is 6. The molecule has 0 amide bonds. The topological polar surface area (TPSA) is 68.7 Å². The van der Waals surface area contributed by atoms with Crippen LogP contribution in [0.25, 0.3) is 10.9 Å². The van der Waals surface area contributed by atoms with Crippen molar-refractivity contribution in [3.05, 3.63) is 36.0 Å². The third kappa shape index (κ3) is 4.20. The van der Waals surface area contributed by atoms with Crippen LogP contribution in [-0.2, 0) is 21.4 Å². The Balaban J connectivity index is 1.83. The summed E-state index contributed by atoms with van der Waals surface area (Å²) in [5.41, 5.74) is -4.08. The lowest BCUT2D eigenvalue weighted by molar-refractivity contribution is -0.0500. The zero-order valence-corrected chi connectivity index (χ0v) is 13.8. The highest BCUT2D eigenvalue weighted by Gasteiger charge is 2.48. The minimum atomic E-state index is -5.69. The fourth-order valence-electron chi connectivity index (χ4n) is 2.48. The van der Waals surface area contributed by atoms with Gasteiger partial charge in [-0.05, 0) is 29.8 Å². The molecule has 1 aliphatic heterocycles. The highest BCUT2D eigenvalue weighted by Crippen LogP contribution is 2.28. The second-order valence-electron chi connectivity index (χ2n) is 5.57. The first-order valence-corrected chi connectivity index (χ1v) is 8.85. The quantitative estimate of drug-likeness (QED) is 0.603. The zero-order valence-electron chi connectivity index (χ0n) is 13.0. The normalized spacial score (nSPS) is 16.9. The van der Waals surface area contributed by atoms with Crippen LogP contribution < -0.4 is 4.18 Å². The molecular formula is C15H15F3N2O4S. The molecule has 1 aromatic carbocycles. The molecule has 0 N–H and O–H groups in total. The van der Waals surface area contributed by atoms with Crippen LogP contribution in [0.4, 0.5) is 13.2 Å². The van der Waals surface area contributed by atoms with Gasteiger partial charge in [-0.15, -0.1) is 0 Å². The summed E-state index contributed by atoms with van der Waals surface area (Å²) in [4.78, 5) is 6.42. The van der Waals surface area contributed by atoms with Crippen LogP contribution in [0.1, 0.15) is 5.56 Å². The Labute approximate surface area is 142 Å². The predicted molar refractivity (Wildman–Crippen MR) is 83.4 cm³/mol. The van der Waals surface area contributed by atoms with Gasteiger partial charge in [0.15, 0.2) is 0 Å². The van der Waals surface area contributed by atoms with Crippen LogP contribution in [0, 0.1) is 0 Å². The molecule has 0 unspecified atom stereocenters. The highest BCUT2D eigenvalue weighted by molar-refractivity contribution is 7.88. The van der Waals surface area contributed by atoms with Crippen molar-refractivity contribution >= 4 is 21.0 Å². The Morgan fingerprint density at radius 3 is 2.60 bits per heavy atom. The Morgan fingerprint density at radius 1 is 1.20 bits per heavy atom. The van der Waals surface area contributed by atoms with Crippen LogP contribution in [0.2, 0.25) is 0 Å².